The van der Waals surface area contributed by atoms with Crippen LogP contribution in [0.3, 0.4) is 0 Å². The highest BCUT2D eigenvalue weighted by molar-refractivity contribution is 7.90. The van der Waals surface area contributed by atoms with Gasteiger partial charge in [0, 0.05) is 32.9 Å². The number of imide groups is 1. The summed E-state index contributed by atoms with van der Waals surface area (Å²) in [7, 11) is -1.46. The van der Waals surface area contributed by atoms with Gasteiger partial charge in [-0.1, -0.05) is 12.2 Å². The second-order valence-corrected chi connectivity index (χ2v) is 9.14. The Morgan fingerprint density at radius 2 is 1.72 bits per heavy atom. The van der Waals surface area contributed by atoms with Crippen molar-refractivity contribution in [3.05, 3.63) is 12.2 Å². The maximum atomic E-state index is 12.5. The number of likely N-dealkylation sites (tertiary alicyclic amines) is 1. The summed E-state index contributed by atoms with van der Waals surface area (Å²) in [6.07, 6.45) is 6.25. The molecule has 9 heteroatoms. The van der Waals surface area contributed by atoms with Gasteiger partial charge in [0.05, 0.1) is 17.6 Å². The molecule has 1 heterocycles. The van der Waals surface area contributed by atoms with Crippen LogP contribution in [0.15, 0.2) is 17.1 Å². The molecule has 2 aliphatic carbocycles. The van der Waals surface area contributed by atoms with Crippen LogP contribution in [0.1, 0.15) is 6.42 Å². The van der Waals surface area contributed by atoms with Crippen LogP contribution in [0.4, 0.5) is 0 Å². The zero-order valence-electron chi connectivity index (χ0n) is 14.4. The number of guanidine groups is 1. The largest absolute Gasteiger partial charge is 0.355 e. The van der Waals surface area contributed by atoms with Crippen molar-refractivity contribution in [2.24, 2.45) is 28.7 Å². The second kappa shape index (κ2) is 6.78. The van der Waals surface area contributed by atoms with E-state index < -0.39 is 9.84 Å². The number of aliphatic imine (C=N–C) groups is 1. The Hall–Kier alpha value is -1.90. The highest BCUT2D eigenvalue weighted by Gasteiger charge is 2.58. The van der Waals surface area contributed by atoms with Crippen LogP contribution in [0.2, 0.25) is 0 Å². The maximum absolute atomic E-state index is 12.5. The van der Waals surface area contributed by atoms with Crippen LogP contribution in [-0.2, 0) is 19.4 Å². The minimum Gasteiger partial charge on any atom is -0.355 e. The van der Waals surface area contributed by atoms with Crippen molar-refractivity contribution in [3.63, 3.8) is 0 Å². The lowest BCUT2D eigenvalue weighted by Gasteiger charge is -2.18. The average molecular weight is 368 g/mol. The van der Waals surface area contributed by atoms with E-state index in [0.717, 1.165) is 6.42 Å². The number of amides is 2. The predicted molar refractivity (Wildman–Crippen MR) is 93.5 cm³/mol. The number of nitrogens with one attached hydrogen (secondary N) is 2. The lowest BCUT2D eigenvalue weighted by atomic mass is 9.85. The maximum Gasteiger partial charge on any atom is 0.233 e. The summed E-state index contributed by atoms with van der Waals surface area (Å²) in [5.41, 5.74) is 0. The summed E-state index contributed by atoms with van der Waals surface area (Å²) in [5, 5.41) is 5.91. The molecule has 3 aliphatic rings. The Kier molecular flexibility index (Phi) is 4.86. The Bertz CT molecular complexity index is 700. The first-order chi connectivity index (χ1) is 11.8. The molecule has 1 aliphatic heterocycles. The third-order valence-electron chi connectivity index (χ3n) is 5.18. The number of rotatable bonds is 6. The molecular weight excluding hydrogens is 344 g/mol. The lowest BCUT2D eigenvalue weighted by molar-refractivity contribution is -0.140. The molecule has 0 aromatic heterocycles. The highest BCUT2D eigenvalue weighted by Crippen LogP contribution is 2.52. The van der Waals surface area contributed by atoms with Gasteiger partial charge in [-0.25, -0.2) is 8.42 Å². The Morgan fingerprint density at radius 3 is 2.24 bits per heavy atom. The number of carbonyl (C=O) groups excluding carboxylic acids is 2. The van der Waals surface area contributed by atoms with Gasteiger partial charge in [-0.2, -0.15) is 0 Å². The van der Waals surface area contributed by atoms with Crippen molar-refractivity contribution in [3.8, 4) is 0 Å². The molecule has 138 valence electrons. The number of hydrogen-bond acceptors (Lipinski definition) is 5. The normalized spacial score (nSPS) is 31.0. The molecule has 2 amide bonds. The van der Waals surface area contributed by atoms with Crippen molar-refractivity contribution in [2.45, 2.75) is 6.42 Å². The van der Waals surface area contributed by atoms with Crippen molar-refractivity contribution >= 4 is 27.6 Å². The van der Waals surface area contributed by atoms with Gasteiger partial charge in [-0.15, -0.1) is 0 Å². The van der Waals surface area contributed by atoms with E-state index in [2.05, 4.69) is 27.8 Å². The topological polar surface area (TPSA) is 108 Å². The first-order valence-electron chi connectivity index (χ1n) is 8.47. The van der Waals surface area contributed by atoms with Gasteiger partial charge in [0.25, 0.3) is 0 Å². The summed E-state index contributed by atoms with van der Waals surface area (Å²) in [5.74, 6) is 0.428. The van der Waals surface area contributed by atoms with Gasteiger partial charge in [0.2, 0.25) is 11.8 Å². The van der Waals surface area contributed by atoms with Crippen LogP contribution < -0.4 is 10.6 Å². The second-order valence-electron chi connectivity index (χ2n) is 6.88. The third-order valence-corrected chi connectivity index (χ3v) is 6.12. The van der Waals surface area contributed by atoms with Gasteiger partial charge in [0.15, 0.2) is 5.96 Å². The molecule has 2 fully saturated rings. The van der Waals surface area contributed by atoms with Crippen molar-refractivity contribution in [1.29, 1.82) is 0 Å². The molecule has 0 aromatic carbocycles. The molecule has 4 atom stereocenters. The Balaban J connectivity index is 1.48. The monoisotopic (exact) mass is 368 g/mol. The molecule has 1 saturated carbocycles. The number of hydrogen-bond donors (Lipinski definition) is 2. The first-order valence-corrected chi connectivity index (χ1v) is 10.5. The lowest BCUT2D eigenvalue weighted by Crippen LogP contribution is -2.44. The molecule has 4 unspecified atom stereocenters. The zero-order valence-corrected chi connectivity index (χ0v) is 15.3. The minimum atomic E-state index is -3.04. The summed E-state index contributed by atoms with van der Waals surface area (Å²) < 4.78 is 22.3. The number of carbonyl (C=O) groups is 2. The molecule has 3 rings (SSSR count). The summed E-state index contributed by atoms with van der Waals surface area (Å²) in [4.78, 5) is 30.5. The zero-order chi connectivity index (χ0) is 18.2. The number of allylic oxidation sites excluding steroid dienone is 2. The fourth-order valence-corrected chi connectivity index (χ4v) is 4.52. The van der Waals surface area contributed by atoms with Gasteiger partial charge in [-0.3, -0.25) is 19.5 Å². The molecule has 0 radical (unpaired) electrons. The SMILES string of the molecule is CN=C(NCCN1C(=O)C2C3C=CC(C3)C2C1=O)NCCS(C)(=O)=O. The van der Waals surface area contributed by atoms with E-state index >= 15 is 0 Å². The molecule has 0 aromatic rings. The summed E-state index contributed by atoms with van der Waals surface area (Å²) in [6.45, 7) is 0.911. The van der Waals surface area contributed by atoms with E-state index in [1.54, 1.807) is 7.05 Å². The first kappa shape index (κ1) is 17.9. The van der Waals surface area contributed by atoms with E-state index in [1.807, 2.05) is 0 Å². The van der Waals surface area contributed by atoms with Gasteiger partial charge in [0.1, 0.15) is 9.84 Å². The predicted octanol–water partition coefficient (Wildman–Crippen LogP) is -0.997. The van der Waals surface area contributed by atoms with Gasteiger partial charge in [-0.05, 0) is 18.3 Å². The van der Waals surface area contributed by atoms with Gasteiger partial charge < -0.3 is 10.6 Å². The summed E-state index contributed by atoms with van der Waals surface area (Å²) >= 11 is 0. The highest BCUT2D eigenvalue weighted by atomic mass is 32.2. The molecule has 1 saturated heterocycles. The number of nitrogens with zero attached hydrogens (tertiary/aromatic N) is 2. The number of fused-ring (bicyclic) bond motifs is 5. The van der Waals surface area contributed by atoms with Crippen LogP contribution >= 0.6 is 0 Å². The minimum absolute atomic E-state index is 0.00985. The molecular formula is C16H24N4O4S. The van der Waals surface area contributed by atoms with E-state index in [9.17, 15) is 18.0 Å². The molecule has 2 bridgehead atoms. The van der Waals surface area contributed by atoms with Crippen LogP contribution in [0, 0.1) is 23.7 Å². The average Bonchev–Trinajstić information content (AvgIpc) is 3.21. The van der Waals surface area contributed by atoms with Crippen LogP contribution in [0.25, 0.3) is 0 Å². The van der Waals surface area contributed by atoms with Crippen LogP contribution in [-0.4, -0.2) is 69.8 Å². The molecule has 2 N–H and O–H groups in total. The Labute approximate surface area is 147 Å². The quantitative estimate of drug-likeness (QED) is 0.270. The van der Waals surface area contributed by atoms with Crippen LogP contribution in [0.5, 0.6) is 0 Å². The fraction of sp³-hybridized carbons (Fsp3) is 0.688. The van der Waals surface area contributed by atoms with E-state index in [0.29, 0.717) is 12.5 Å². The Morgan fingerprint density at radius 1 is 1.16 bits per heavy atom. The van der Waals surface area contributed by atoms with Crippen molar-refractivity contribution in [2.75, 3.05) is 38.7 Å². The van der Waals surface area contributed by atoms with Crippen molar-refractivity contribution in [1.82, 2.24) is 15.5 Å². The molecule has 25 heavy (non-hydrogen) atoms. The smallest absolute Gasteiger partial charge is 0.233 e. The fourth-order valence-electron chi connectivity index (χ4n) is 4.05. The standard InChI is InChI=1S/C16H24N4O4S/c1-17-16(19-6-8-25(2,23)24)18-5-7-20-14(21)12-10-3-4-11(9-10)13(12)15(20)22/h3-4,10-13H,5-9H2,1-2H3,(H2,17,18,19). The van der Waals surface area contributed by atoms with E-state index in [4.69, 9.17) is 0 Å². The van der Waals surface area contributed by atoms with Gasteiger partial charge >= 0.3 is 0 Å². The van der Waals surface area contributed by atoms with E-state index in [1.165, 1.54) is 11.2 Å². The molecule has 8 nitrogen and oxygen atoms in total. The summed E-state index contributed by atoms with van der Waals surface area (Å²) in [6, 6.07) is 0. The number of sulfone groups is 1. The van der Waals surface area contributed by atoms with Crippen molar-refractivity contribution < 1.29 is 18.0 Å². The third kappa shape index (κ3) is 3.56. The molecule has 0 spiro atoms. The van der Waals surface area contributed by atoms with E-state index in [-0.39, 0.29) is 54.3 Å².